The average molecular weight is 279 g/mol. The highest BCUT2D eigenvalue weighted by molar-refractivity contribution is 4.93. The molecule has 0 saturated carbocycles. The van der Waals surface area contributed by atoms with Crippen LogP contribution in [0.5, 0.6) is 0 Å². The van der Waals surface area contributed by atoms with Crippen molar-refractivity contribution in [3.05, 3.63) is 0 Å². The van der Waals surface area contributed by atoms with Gasteiger partial charge in [-0.25, -0.2) is 0 Å². The topological polar surface area (TPSA) is 18.5 Å². The molecule has 0 aliphatic carbocycles. The molecule has 3 unspecified atom stereocenters. The summed E-state index contributed by atoms with van der Waals surface area (Å²) in [5.74, 6) is 0.871. The summed E-state index contributed by atoms with van der Waals surface area (Å²) in [6, 6.07) is 1.80. The fourth-order valence-corrected chi connectivity index (χ4v) is 4.35. The molecule has 20 heavy (non-hydrogen) atoms. The first-order chi connectivity index (χ1) is 9.51. The predicted octanol–water partition coefficient (Wildman–Crippen LogP) is 2.32. The average Bonchev–Trinajstić information content (AvgIpc) is 3.03. The molecule has 1 N–H and O–H groups in total. The molecule has 3 saturated heterocycles. The first-order valence-electron chi connectivity index (χ1n) is 8.74. The molecule has 0 aromatic carbocycles. The highest BCUT2D eigenvalue weighted by atomic mass is 15.2. The highest BCUT2D eigenvalue weighted by Crippen LogP contribution is 2.31. The van der Waals surface area contributed by atoms with Gasteiger partial charge in [-0.15, -0.1) is 0 Å². The molecule has 3 heteroatoms. The molecular formula is C17H33N3. The molecule has 3 nitrogen and oxygen atoms in total. The van der Waals surface area contributed by atoms with Gasteiger partial charge in [-0.2, -0.15) is 0 Å². The number of nitrogens with zero attached hydrogens (tertiary/aromatic N) is 2. The number of hydrogen-bond donors (Lipinski definition) is 1. The quantitative estimate of drug-likeness (QED) is 0.855. The molecule has 3 fully saturated rings. The Kier molecular flexibility index (Phi) is 4.40. The molecular weight excluding hydrogens is 246 g/mol. The van der Waals surface area contributed by atoms with Crippen LogP contribution in [0.4, 0.5) is 0 Å². The molecule has 0 radical (unpaired) electrons. The Morgan fingerprint density at radius 3 is 2.50 bits per heavy atom. The normalized spacial score (nSPS) is 36.5. The predicted molar refractivity (Wildman–Crippen MR) is 85.1 cm³/mol. The lowest BCUT2D eigenvalue weighted by atomic mass is 9.96. The molecule has 3 atom stereocenters. The van der Waals surface area contributed by atoms with Crippen LogP contribution < -0.4 is 5.32 Å². The minimum absolute atomic E-state index is 0.266. The van der Waals surface area contributed by atoms with E-state index < -0.39 is 0 Å². The number of fused-ring (bicyclic) bond motifs is 1. The Labute approximate surface area is 125 Å². The van der Waals surface area contributed by atoms with Crippen molar-refractivity contribution < 1.29 is 0 Å². The lowest BCUT2D eigenvalue weighted by Crippen LogP contribution is -2.47. The third kappa shape index (κ3) is 3.55. The number of piperidine rings is 1. The third-order valence-corrected chi connectivity index (χ3v) is 5.55. The van der Waals surface area contributed by atoms with Gasteiger partial charge in [0.1, 0.15) is 0 Å². The van der Waals surface area contributed by atoms with Crippen LogP contribution in [-0.4, -0.2) is 60.1 Å². The lowest BCUT2D eigenvalue weighted by Gasteiger charge is -2.39. The summed E-state index contributed by atoms with van der Waals surface area (Å²) in [7, 11) is 0. The first kappa shape index (κ1) is 14.8. The molecule has 116 valence electrons. The van der Waals surface area contributed by atoms with Gasteiger partial charge in [0, 0.05) is 24.2 Å². The van der Waals surface area contributed by atoms with Gasteiger partial charge in [-0.3, -0.25) is 4.90 Å². The van der Waals surface area contributed by atoms with E-state index in [-0.39, 0.29) is 5.54 Å². The van der Waals surface area contributed by atoms with Gasteiger partial charge < -0.3 is 10.2 Å². The van der Waals surface area contributed by atoms with Gasteiger partial charge in [0.15, 0.2) is 0 Å². The zero-order valence-corrected chi connectivity index (χ0v) is 13.7. The largest absolute Gasteiger partial charge is 0.312 e. The molecule has 3 aliphatic heterocycles. The van der Waals surface area contributed by atoms with Gasteiger partial charge in [-0.1, -0.05) is 0 Å². The van der Waals surface area contributed by atoms with Gasteiger partial charge >= 0.3 is 0 Å². The fraction of sp³-hybridized carbons (Fsp3) is 1.00. The minimum Gasteiger partial charge on any atom is -0.312 e. The molecule has 0 aromatic heterocycles. The number of likely N-dealkylation sites (tertiary alicyclic amines) is 1. The summed E-state index contributed by atoms with van der Waals surface area (Å²) >= 11 is 0. The van der Waals surface area contributed by atoms with Crippen molar-refractivity contribution >= 4 is 0 Å². The summed E-state index contributed by atoms with van der Waals surface area (Å²) in [5.41, 5.74) is 0.266. The van der Waals surface area contributed by atoms with Crippen molar-refractivity contribution in [2.75, 3.05) is 32.7 Å². The van der Waals surface area contributed by atoms with Crippen LogP contribution in [-0.2, 0) is 0 Å². The van der Waals surface area contributed by atoms with Crippen molar-refractivity contribution in [1.82, 2.24) is 15.1 Å². The van der Waals surface area contributed by atoms with Crippen molar-refractivity contribution in [3.63, 3.8) is 0 Å². The zero-order chi connectivity index (χ0) is 14.2. The van der Waals surface area contributed by atoms with Crippen molar-refractivity contribution in [3.8, 4) is 0 Å². The summed E-state index contributed by atoms with van der Waals surface area (Å²) in [6.45, 7) is 13.4. The van der Waals surface area contributed by atoms with Crippen LogP contribution in [0.2, 0.25) is 0 Å². The SMILES string of the molecule is CC(C)(C)NCC1CCN(C2CCN3CCCC3C2)C1. The van der Waals surface area contributed by atoms with E-state index in [1.807, 2.05) is 0 Å². The van der Waals surface area contributed by atoms with E-state index in [0.29, 0.717) is 0 Å². The molecule has 3 heterocycles. The van der Waals surface area contributed by atoms with Crippen molar-refractivity contribution in [2.45, 2.75) is 70.5 Å². The Hall–Kier alpha value is -0.120. The van der Waals surface area contributed by atoms with Crippen LogP contribution in [0, 0.1) is 5.92 Å². The van der Waals surface area contributed by atoms with Crippen molar-refractivity contribution in [2.24, 2.45) is 5.92 Å². The van der Waals surface area contributed by atoms with Crippen LogP contribution in [0.25, 0.3) is 0 Å². The van der Waals surface area contributed by atoms with E-state index in [0.717, 1.165) is 18.0 Å². The van der Waals surface area contributed by atoms with Crippen LogP contribution in [0.3, 0.4) is 0 Å². The second kappa shape index (κ2) is 5.94. The number of hydrogen-bond acceptors (Lipinski definition) is 3. The summed E-state index contributed by atoms with van der Waals surface area (Å²) < 4.78 is 0. The molecule has 0 amide bonds. The van der Waals surface area contributed by atoms with E-state index in [4.69, 9.17) is 0 Å². The molecule has 0 aromatic rings. The third-order valence-electron chi connectivity index (χ3n) is 5.55. The molecule has 3 rings (SSSR count). The maximum absolute atomic E-state index is 3.69. The van der Waals surface area contributed by atoms with Crippen LogP contribution in [0.15, 0.2) is 0 Å². The monoisotopic (exact) mass is 279 g/mol. The van der Waals surface area contributed by atoms with E-state index >= 15 is 0 Å². The van der Waals surface area contributed by atoms with Crippen LogP contribution >= 0.6 is 0 Å². The van der Waals surface area contributed by atoms with Gasteiger partial charge in [0.2, 0.25) is 0 Å². The van der Waals surface area contributed by atoms with E-state index in [1.54, 1.807) is 0 Å². The minimum atomic E-state index is 0.266. The van der Waals surface area contributed by atoms with E-state index in [9.17, 15) is 0 Å². The Balaban J connectivity index is 1.45. The summed E-state index contributed by atoms with van der Waals surface area (Å²) in [6.07, 6.45) is 7.15. The second-order valence-electron chi connectivity index (χ2n) is 8.29. The molecule has 0 bridgehead atoms. The standard InChI is InChI=1S/C17H33N3/c1-17(2,3)18-12-14-6-9-20(13-14)16-7-10-19-8-4-5-15(19)11-16/h14-16,18H,4-13H2,1-3H3. The van der Waals surface area contributed by atoms with Gasteiger partial charge in [0.05, 0.1) is 0 Å². The van der Waals surface area contributed by atoms with E-state index in [2.05, 4.69) is 35.9 Å². The Morgan fingerprint density at radius 2 is 1.70 bits per heavy atom. The highest BCUT2D eigenvalue weighted by Gasteiger charge is 2.36. The molecule has 3 aliphatic rings. The van der Waals surface area contributed by atoms with Crippen LogP contribution in [0.1, 0.15) is 52.9 Å². The molecule has 0 spiro atoms. The van der Waals surface area contributed by atoms with Gasteiger partial charge in [0.25, 0.3) is 0 Å². The Bertz CT molecular complexity index is 323. The lowest BCUT2D eigenvalue weighted by molar-refractivity contribution is 0.101. The maximum atomic E-state index is 3.69. The number of nitrogens with one attached hydrogen (secondary N) is 1. The summed E-state index contributed by atoms with van der Waals surface area (Å²) in [5, 5.41) is 3.69. The number of rotatable bonds is 3. The first-order valence-corrected chi connectivity index (χ1v) is 8.74. The Morgan fingerprint density at radius 1 is 0.950 bits per heavy atom. The summed E-state index contributed by atoms with van der Waals surface area (Å²) in [4.78, 5) is 5.55. The maximum Gasteiger partial charge on any atom is 0.0122 e. The van der Waals surface area contributed by atoms with E-state index in [1.165, 1.54) is 64.8 Å². The fourth-order valence-electron chi connectivity index (χ4n) is 4.35. The zero-order valence-electron chi connectivity index (χ0n) is 13.7. The smallest absolute Gasteiger partial charge is 0.0122 e. The second-order valence-corrected chi connectivity index (χ2v) is 8.29. The van der Waals surface area contributed by atoms with Gasteiger partial charge in [-0.05, 0) is 85.0 Å². The van der Waals surface area contributed by atoms with Crippen molar-refractivity contribution in [1.29, 1.82) is 0 Å².